The number of thiophene rings is 2. The summed E-state index contributed by atoms with van der Waals surface area (Å²) in [5.41, 5.74) is 1.21. The van der Waals surface area contributed by atoms with Crippen LogP contribution in [0.25, 0.3) is 9.75 Å². The number of esters is 2. The van der Waals surface area contributed by atoms with Gasteiger partial charge in [-0.15, -0.1) is 22.7 Å². The summed E-state index contributed by atoms with van der Waals surface area (Å²) in [6.45, 7) is 10.1. The molecule has 322 valence electrons. The van der Waals surface area contributed by atoms with E-state index in [1.807, 2.05) is 22.9 Å². The fourth-order valence-electron chi connectivity index (χ4n) is 7.95. The molecule has 0 aliphatic rings. The quantitative estimate of drug-likeness (QED) is 0.0498. The van der Waals surface area contributed by atoms with Gasteiger partial charge in [0.15, 0.2) is 0 Å². The molecule has 2 rings (SSSR count). The molecule has 56 heavy (non-hydrogen) atoms. The van der Waals surface area contributed by atoms with Crippen LogP contribution in [0.5, 0.6) is 0 Å². The highest BCUT2D eigenvalue weighted by molar-refractivity contribution is 7.20. The fraction of sp³-hybridized carbons (Fsp3) is 0.800. The number of unbranched alkanes of at least 4 members (excludes halogenated alkanes) is 24. The molecule has 4 nitrogen and oxygen atoms in total. The van der Waals surface area contributed by atoms with Gasteiger partial charge in [-0.05, 0) is 55.0 Å². The van der Waals surface area contributed by atoms with Gasteiger partial charge in [0.1, 0.15) is 0 Å². The monoisotopic (exact) mass is 815 g/mol. The number of hydrogen-bond acceptors (Lipinski definition) is 6. The van der Waals surface area contributed by atoms with Crippen molar-refractivity contribution in [3.05, 3.63) is 34.0 Å². The van der Waals surface area contributed by atoms with Crippen molar-refractivity contribution in [2.75, 3.05) is 13.2 Å². The number of carbonyl (C=O) groups excluding carboxylic acids is 2. The summed E-state index contributed by atoms with van der Waals surface area (Å²) < 4.78 is 12.0. The zero-order chi connectivity index (χ0) is 40.3. The van der Waals surface area contributed by atoms with Crippen LogP contribution in [0.1, 0.15) is 254 Å². The minimum absolute atomic E-state index is 0.235. The summed E-state index contributed by atoms with van der Waals surface area (Å²) >= 11 is 3.07. The maximum Gasteiger partial charge on any atom is 0.339 e. The molecule has 0 N–H and O–H groups in total. The van der Waals surface area contributed by atoms with Crippen LogP contribution in [-0.4, -0.2) is 25.2 Å². The SMILES string of the molecule is CCCCCCCCCCC(CCCCCCCC)COC(=O)c1csc(-c2sccc2C(=O)OCC(CCCCCCCC)CCCCCCCCCC)c1. The van der Waals surface area contributed by atoms with Gasteiger partial charge in [0, 0.05) is 10.3 Å². The van der Waals surface area contributed by atoms with Gasteiger partial charge in [-0.1, -0.05) is 207 Å². The number of ether oxygens (including phenoxy) is 2. The van der Waals surface area contributed by atoms with E-state index in [1.165, 1.54) is 191 Å². The first-order chi connectivity index (χ1) is 27.5. The van der Waals surface area contributed by atoms with Crippen molar-refractivity contribution in [2.45, 2.75) is 233 Å². The molecule has 0 saturated heterocycles. The van der Waals surface area contributed by atoms with Crippen LogP contribution in [-0.2, 0) is 9.47 Å². The lowest BCUT2D eigenvalue weighted by Crippen LogP contribution is -2.15. The molecule has 0 aromatic carbocycles. The zero-order valence-corrected chi connectivity index (χ0v) is 38.6. The first-order valence-corrected chi connectivity index (χ1v) is 25.8. The van der Waals surface area contributed by atoms with Crippen LogP contribution in [0.3, 0.4) is 0 Å². The third-order valence-electron chi connectivity index (χ3n) is 11.7. The van der Waals surface area contributed by atoms with E-state index in [0.717, 1.165) is 35.4 Å². The van der Waals surface area contributed by atoms with Gasteiger partial charge in [-0.2, -0.15) is 0 Å². The predicted octanol–water partition coefficient (Wildman–Crippen LogP) is 17.6. The Labute approximate surface area is 354 Å². The normalized spacial score (nSPS) is 12.6. The highest BCUT2D eigenvalue weighted by Gasteiger charge is 2.21. The Morgan fingerprint density at radius 3 is 1.23 bits per heavy atom. The lowest BCUT2D eigenvalue weighted by molar-refractivity contribution is 0.0415. The van der Waals surface area contributed by atoms with Crippen molar-refractivity contribution >= 4 is 34.6 Å². The Hall–Kier alpha value is -1.66. The summed E-state index contributed by atoms with van der Waals surface area (Å²) in [7, 11) is 0. The molecule has 0 aliphatic heterocycles. The molecule has 2 unspecified atom stereocenters. The van der Waals surface area contributed by atoms with Crippen LogP contribution in [0.4, 0.5) is 0 Å². The van der Waals surface area contributed by atoms with Gasteiger partial charge < -0.3 is 9.47 Å². The highest BCUT2D eigenvalue weighted by Crippen LogP contribution is 2.35. The second-order valence-corrected chi connectivity index (χ2v) is 18.8. The third kappa shape index (κ3) is 24.3. The highest BCUT2D eigenvalue weighted by atomic mass is 32.1. The van der Waals surface area contributed by atoms with Crippen molar-refractivity contribution in [3.63, 3.8) is 0 Å². The van der Waals surface area contributed by atoms with Gasteiger partial charge in [0.05, 0.1) is 29.2 Å². The number of carbonyl (C=O) groups is 2. The van der Waals surface area contributed by atoms with Crippen molar-refractivity contribution in [3.8, 4) is 9.75 Å². The topological polar surface area (TPSA) is 52.6 Å². The van der Waals surface area contributed by atoms with E-state index in [1.54, 1.807) is 11.3 Å². The Kier molecular flexibility index (Phi) is 31.8. The molecule has 2 heterocycles. The first kappa shape index (κ1) is 50.5. The molecule has 0 aliphatic carbocycles. The van der Waals surface area contributed by atoms with Gasteiger partial charge >= 0.3 is 11.9 Å². The first-order valence-electron chi connectivity index (χ1n) is 24.0. The maximum atomic E-state index is 13.5. The van der Waals surface area contributed by atoms with E-state index in [2.05, 4.69) is 27.7 Å². The molecule has 0 fully saturated rings. The minimum Gasteiger partial charge on any atom is -0.462 e. The van der Waals surface area contributed by atoms with Gasteiger partial charge in [0.2, 0.25) is 0 Å². The molecule has 0 saturated carbocycles. The summed E-state index contributed by atoms with van der Waals surface area (Å²) in [6.07, 6.45) is 41.2. The minimum atomic E-state index is -0.240. The van der Waals surface area contributed by atoms with Crippen LogP contribution in [0.15, 0.2) is 22.9 Å². The van der Waals surface area contributed by atoms with Crippen molar-refractivity contribution < 1.29 is 19.1 Å². The summed E-state index contributed by atoms with van der Waals surface area (Å²) in [5, 5.41) is 3.87. The largest absolute Gasteiger partial charge is 0.462 e. The average molecular weight is 815 g/mol. The second-order valence-electron chi connectivity index (χ2n) is 16.9. The fourth-order valence-corrected chi connectivity index (χ4v) is 9.87. The van der Waals surface area contributed by atoms with Gasteiger partial charge in [-0.3, -0.25) is 0 Å². The van der Waals surface area contributed by atoms with Crippen LogP contribution >= 0.6 is 22.7 Å². The van der Waals surface area contributed by atoms with Gasteiger partial charge in [0.25, 0.3) is 0 Å². The molecule has 2 aromatic heterocycles. The van der Waals surface area contributed by atoms with E-state index in [4.69, 9.17) is 9.47 Å². The lowest BCUT2D eigenvalue weighted by Gasteiger charge is -2.17. The van der Waals surface area contributed by atoms with Crippen molar-refractivity contribution in [1.82, 2.24) is 0 Å². The van der Waals surface area contributed by atoms with E-state index in [-0.39, 0.29) is 11.9 Å². The Morgan fingerprint density at radius 2 is 0.839 bits per heavy atom. The average Bonchev–Trinajstić information content (AvgIpc) is 3.91. The number of hydrogen-bond donors (Lipinski definition) is 0. The van der Waals surface area contributed by atoms with Gasteiger partial charge in [-0.25, -0.2) is 9.59 Å². The molecular weight excluding hydrogens is 729 g/mol. The van der Waals surface area contributed by atoms with Crippen LogP contribution < -0.4 is 0 Å². The molecule has 6 heteroatoms. The van der Waals surface area contributed by atoms with Crippen LogP contribution in [0, 0.1) is 11.8 Å². The van der Waals surface area contributed by atoms with E-state index in [0.29, 0.717) is 36.2 Å². The molecule has 0 amide bonds. The predicted molar refractivity (Wildman–Crippen MR) is 246 cm³/mol. The van der Waals surface area contributed by atoms with Crippen molar-refractivity contribution in [2.24, 2.45) is 11.8 Å². The van der Waals surface area contributed by atoms with Crippen molar-refractivity contribution in [1.29, 1.82) is 0 Å². The molecule has 2 aromatic rings. The Morgan fingerprint density at radius 1 is 0.482 bits per heavy atom. The summed E-state index contributed by atoms with van der Waals surface area (Å²) in [5.74, 6) is 0.384. The smallest absolute Gasteiger partial charge is 0.339 e. The Bertz CT molecular complexity index is 1200. The molecule has 2 atom stereocenters. The number of rotatable bonds is 39. The van der Waals surface area contributed by atoms with E-state index >= 15 is 0 Å². The van der Waals surface area contributed by atoms with E-state index < -0.39 is 0 Å². The molecule has 0 spiro atoms. The zero-order valence-electron chi connectivity index (χ0n) is 37.0. The molecular formula is C50H86O4S2. The Balaban J connectivity index is 1.91. The maximum absolute atomic E-state index is 13.5. The third-order valence-corrected chi connectivity index (χ3v) is 13.7. The summed E-state index contributed by atoms with van der Waals surface area (Å²) in [4.78, 5) is 28.7. The molecule has 0 bridgehead atoms. The molecule has 0 radical (unpaired) electrons. The van der Waals surface area contributed by atoms with E-state index in [9.17, 15) is 9.59 Å². The summed E-state index contributed by atoms with van der Waals surface area (Å²) in [6, 6.07) is 3.81. The second kappa shape index (κ2) is 35.3. The lowest BCUT2D eigenvalue weighted by atomic mass is 9.94. The standard InChI is InChI=1S/C50H86O4S2/c1-5-9-13-17-21-23-27-31-34-43(33-29-25-19-15-11-7-3)40-53-49(51)45-39-47(56-42-45)48-46(37-38-55-48)50(52)54-41-44(35-30-26-20-16-12-8-4)36-32-28-24-22-18-14-10-6-2/h37-39,42-44H,5-36,40-41H2,1-4H3. The van der Waals surface area contributed by atoms with Crippen LogP contribution in [0.2, 0.25) is 0 Å².